The first-order valence-electron chi connectivity index (χ1n) is 11.3. The van der Waals surface area contributed by atoms with Crippen LogP contribution in [0.15, 0.2) is 28.0 Å². The number of anilines is 2. The molecule has 1 amide bonds. The molecule has 0 spiro atoms. The van der Waals surface area contributed by atoms with Gasteiger partial charge < -0.3 is 20.8 Å². The van der Waals surface area contributed by atoms with Gasteiger partial charge in [0.1, 0.15) is 11.5 Å². The smallest absolute Gasteiger partial charge is 0.376 e. The lowest BCUT2D eigenvalue weighted by atomic mass is 10.1. The molecule has 0 saturated carbocycles. The van der Waals surface area contributed by atoms with Crippen molar-refractivity contribution in [3.8, 4) is 17.6 Å². The van der Waals surface area contributed by atoms with Crippen molar-refractivity contribution in [3.63, 3.8) is 0 Å². The number of carbonyl (C=O) groups excluding carboxylic acids is 1. The number of amides is 1. The molecule has 0 radical (unpaired) electrons. The van der Waals surface area contributed by atoms with Crippen molar-refractivity contribution >= 4 is 17.5 Å². The van der Waals surface area contributed by atoms with E-state index in [4.69, 9.17) is 10.6 Å². The zero-order valence-corrected chi connectivity index (χ0v) is 20.0. The van der Waals surface area contributed by atoms with E-state index in [1.54, 1.807) is 11.8 Å². The average Bonchev–Trinajstić information content (AvgIpc) is 3.24. The Morgan fingerprint density at radius 2 is 2.11 bits per heavy atom. The van der Waals surface area contributed by atoms with Crippen molar-refractivity contribution in [2.24, 2.45) is 12.8 Å². The Balaban J connectivity index is 1.66. The van der Waals surface area contributed by atoms with Gasteiger partial charge in [-0.15, -0.1) is 5.92 Å². The number of nitrogens with one attached hydrogen (secondary N) is 2. The predicted molar refractivity (Wildman–Crippen MR) is 127 cm³/mol. The molecule has 198 valence electrons. The summed E-state index contributed by atoms with van der Waals surface area (Å²) in [5.41, 5.74) is 4.97. The summed E-state index contributed by atoms with van der Waals surface area (Å²) in [5.74, 6) is 5.42. The third-order valence-corrected chi connectivity index (χ3v) is 6.05. The van der Waals surface area contributed by atoms with E-state index < -0.39 is 41.1 Å². The van der Waals surface area contributed by atoms with Gasteiger partial charge in [0.2, 0.25) is 0 Å². The summed E-state index contributed by atoms with van der Waals surface area (Å²) in [6.07, 6.45) is -2.00. The van der Waals surface area contributed by atoms with Crippen LogP contribution in [0.4, 0.5) is 29.5 Å². The van der Waals surface area contributed by atoms with Crippen molar-refractivity contribution in [2.75, 3.05) is 29.9 Å². The Hall–Kier alpha value is -4.03. The normalized spacial score (nSPS) is 19.5. The van der Waals surface area contributed by atoms with Gasteiger partial charge in [0.25, 0.3) is 5.56 Å². The molecule has 1 saturated heterocycles. The molecule has 0 aromatic carbocycles. The highest BCUT2D eigenvalue weighted by atomic mass is 19.4. The highest BCUT2D eigenvalue weighted by Crippen LogP contribution is 2.32. The monoisotopic (exact) mass is 522 g/mol. The third-order valence-electron chi connectivity index (χ3n) is 6.05. The van der Waals surface area contributed by atoms with Crippen LogP contribution in [0.3, 0.4) is 0 Å². The summed E-state index contributed by atoms with van der Waals surface area (Å²) in [6.45, 7) is 3.00. The molecular weight excluding hydrogens is 497 g/mol. The van der Waals surface area contributed by atoms with Crippen molar-refractivity contribution < 1.29 is 22.8 Å². The number of fused-ring (bicyclic) bond motifs is 1. The van der Waals surface area contributed by atoms with E-state index in [9.17, 15) is 27.6 Å². The number of halogens is 3. The molecule has 0 bridgehead atoms. The van der Waals surface area contributed by atoms with Gasteiger partial charge in [-0.05, 0) is 25.8 Å². The van der Waals surface area contributed by atoms with Crippen LogP contribution in [-0.4, -0.2) is 57.0 Å². The lowest BCUT2D eigenvalue weighted by Crippen LogP contribution is -2.56. The maximum absolute atomic E-state index is 13.4. The Morgan fingerprint density at radius 3 is 2.78 bits per heavy atom. The first-order valence-corrected chi connectivity index (χ1v) is 11.3. The second-order valence-electron chi connectivity index (χ2n) is 8.57. The molecule has 12 nitrogen and oxygen atoms in total. The number of hydrogen-bond donors (Lipinski definition) is 3. The second-order valence-corrected chi connectivity index (χ2v) is 8.57. The van der Waals surface area contributed by atoms with E-state index >= 15 is 0 Å². The molecule has 4 rings (SSSR count). The van der Waals surface area contributed by atoms with E-state index in [-0.39, 0.29) is 24.1 Å². The molecule has 2 aromatic heterocycles. The van der Waals surface area contributed by atoms with E-state index in [1.807, 2.05) is 10.4 Å². The largest absolute Gasteiger partial charge is 0.418 e. The minimum absolute atomic E-state index is 0.0323. The van der Waals surface area contributed by atoms with Gasteiger partial charge in [-0.1, -0.05) is 5.92 Å². The van der Waals surface area contributed by atoms with Gasteiger partial charge in [-0.3, -0.25) is 19.2 Å². The molecule has 2 aromatic rings. The van der Waals surface area contributed by atoms with Crippen LogP contribution < -0.4 is 37.5 Å². The highest BCUT2D eigenvalue weighted by molar-refractivity contribution is 5.80. The summed E-state index contributed by atoms with van der Waals surface area (Å²) in [4.78, 5) is 51.2. The number of hydroxylamine groups is 1. The Kier molecular flexibility index (Phi) is 7.14. The first kappa shape index (κ1) is 26.0. The molecule has 2 aliphatic heterocycles. The van der Waals surface area contributed by atoms with E-state index in [2.05, 4.69) is 22.1 Å². The second kappa shape index (κ2) is 10.1. The molecular formula is C22H25F3N8O4. The third kappa shape index (κ3) is 5.11. The van der Waals surface area contributed by atoms with Crippen LogP contribution in [0.5, 0.6) is 5.75 Å². The number of pyridine rings is 1. The van der Waals surface area contributed by atoms with Crippen molar-refractivity contribution in [2.45, 2.75) is 38.3 Å². The van der Waals surface area contributed by atoms with Crippen LogP contribution in [0, 0.1) is 11.8 Å². The summed E-state index contributed by atoms with van der Waals surface area (Å²) in [7, 11) is 1.38. The van der Waals surface area contributed by atoms with Gasteiger partial charge >= 0.3 is 17.9 Å². The Labute approximate surface area is 208 Å². The first-order chi connectivity index (χ1) is 17.5. The van der Waals surface area contributed by atoms with Crippen LogP contribution in [-0.2, 0) is 13.2 Å². The van der Waals surface area contributed by atoms with Crippen molar-refractivity contribution in [3.05, 3.63) is 44.9 Å². The number of hydrogen-bond acceptors (Lipinski definition) is 9. The van der Waals surface area contributed by atoms with Gasteiger partial charge in [0.05, 0.1) is 18.3 Å². The summed E-state index contributed by atoms with van der Waals surface area (Å²) < 4.78 is 40.2. The Bertz CT molecular complexity index is 1380. The number of rotatable bonds is 4. The fraction of sp³-hybridized carbons (Fsp3) is 0.455. The SMILES string of the molecule is CC#CCN1c2c(n(C)c(=O)n(C(=O)NOc3cncc(C(F)(F)F)c3)c2=O)NC1N1CCCC(N)C1. The number of nitrogens with two attached hydrogens (primary N) is 1. The van der Waals surface area contributed by atoms with E-state index in [1.165, 1.54) is 7.05 Å². The fourth-order valence-corrected chi connectivity index (χ4v) is 4.28. The zero-order valence-electron chi connectivity index (χ0n) is 20.0. The van der Waals surface area contributed by atoms with Crippen molar-refractivity contribution in [1.29, 1.82) is 0 Å². The summed E-state index contributed by atoms with van der Waals surface area (Å²) >= 11 is 0. The van der Waals surface area contributed by atoms with Crippen molar-refractivity contribution in [1.82, 2.24) is 24.5 Å². The molecule has 0 aliphatic carbocycles. The van der Waals surface area contributed by atoms with E-state index in [0.29, 0.717) is 29.9 Å². The summed E-state index contributed by atoms with van der Waals surface area (Å²) in [6, 6.07) is -0.747. The Morgan fingerprint density at radius 1 is 1.35 bits per heavy atom. The quantitative estimate of drug-likeness (QED) is 0.386. The molecule has 37 heavy (non-hydrogen) atoms. The fourth-order valence-electron chi connectivity index (χ4n) is 4.28. The number of likely N-dealkylation sites (tertiary alicyclic amines) is 1. The minimum Gasteiger partial charge on any atom is -0.376 e. The van der Waals surface area contributed by atoms with Crippen LogP contribution >= 0.6 is 0 Å². The van der Waals surface area contributed by atoms with Gasteiger partial charge in [-0.2, -0.15) is 23.2 Å². The summed E-state index contributed by atoms with van der Waals surface area (Å²) in [5, 5.41) is 3.18. The molecule has 2 atom stereocenters. The maximum Gasteiger partial charge on any atom is 0.418 e. The number of aromatic nitrogens is 3. The molecule has 4 heterocycles. The number of carbonyl (C=O) groups is 1. The lowest BCUT2D eigenvalue weighted by Gasteiger charge is -2.39. The number of nitrogens with zero attached hydrogens (tertiary/aromatic N) is 5. The molecule has 4 N–H and O–H groups in total. The van der Waals surface area contributed by atoms with Gasteiger partial charge in [-0.25, -0.2) is 9.59 Å². The molecule has 1 fully saturated rings. The standard InChI is InChI=1S/C22H25F3N8O4/c1-3-4-8-32-16-17(28-19(32)31-7-5-6-14(26)12-31)30(2)21(36)33(18(16)34)20(35)29-37-15-9-13(10-27-11-15)22(23,24)25/h9-11,14,19,28H,5-8,12,26H2,1-2H3,(H,29,35). The van der Waals surface area contributed by atoms with Gasteiger partial charge in [0.15, 0.2) is 12.0 Å². The van der Waals surface area contributed by atoms with E-state index in [0.717, 1.165) is 23.6 Å². The lowest BCUT2D eigenvalue weighted by molar-refractivity contribution is -0.138. The van der Waals surface area contributed by atoms with Crippen LogP contribution in [0.25, 0.3) is 0 Å². The number of piperidine rings is 1. The van der Waals surface area contributed by atoms with Crippen LogP contribution in [0.1, 0.15) is 25.3 Å². The maximum atomic E-state index is 13.4. The van der Waals surface area contributed by atoms with Crippen LogP contribution in [0.2, 0.25) is 0 Å². The zero-order chi connectivity index (χ0) is 26.9. The molecule has 2 aliphatic rings. The number of alkyl halides is 3. The van der Waals surface area contributed by atoms with Gasteiger partial charge in [0, 0.05) is 32.4 Å². The minimum atomic E-state index is -4.68. The molecule has 2 unspecified atom stereocenters. The average molecular weight is 522 g/mol. The highest BCUT2D eigenvalue weighted by Gasteiger charge is 2.39. The predicted octanol–water partition coefficient (Wildman–Crippen LogP) is 0.474. The molecule has 15 heteroatoms. The topological polar surface area (TPSA) is 140 Å².